The Morgan fingerprint density at radius 3 is 2.94 bits per heavy atom. The zero-order valence-corrected chi connectivity index (χ0v) is 9.87. The lowest BCUT2D eigenvalue weighted by Crippen LogP contribution is -2.17. The number of nitrogens with one attached hydrogen (secondary N) is 1. The molecule has 0 fully saturated rings. The number of rotatable bonds is 4. The minimum atomic E-state index is 0.208. The Balaban J connectivity index is 1.95. The average Bonchev–Trinajstić information content (AvgIpc) is 2.81. The molecule has 0 aliphatic rings. The van der Waals surface area contributed by atoms with Gasteiger partial charge in [0, 0.05) is 23.7 Å². The van der Waals surface area contributed by atoms with Gasteiger partial charge in [-0.15, -0.1) is 11.3 Å². The van der Waals surface area contributed by atoms with Crippen LogP contribution in [-0.4, -0.2) is 10.1 Å². The predicted octanol–water partition coefficient (Wildman–Crippen LogP) is 2.70. The van der Waals surface area contributed by atoms with Gasteiger partial charge in [-0.05, 0) is 13.0 Å². The molecule has 0 saturated heterocycles. The second kappa shape index (κ2) is 5.09. The summed E-state index contributed by atoms with van der Waals surface area (Å²) >= 11 is 1.63. The molecule has 2 rings (SSSR count). The maximum Gasteiger partial charge on any atom is 0.120 e. The number of nitrogens with zero attached hydrogens (tertiary/aromatic N) is 1. The fourth-order valence-electron chi connectivity index (χ4n) is 1.46. The highest BCUT2D eigenvalue weighted by molar-refractivity contribution is 7.09. The van der Waals surface area contributed by atoms with Crippen molar-refractivity contribution in [2.75, 3.05) is 0 Å². The Kier molecular flexibility index (Phi) is 3.54. The van der Waals surface area contributed by atoms with E-state index in [0.717, 1.165) is 10.6 Å². The Labute approximate surface area is 98.8 Å². The maximum absolute atomic E-state index is 9.60. The molecule has 16 heavy (non-hydrogen) atoms. The van der Waals surface area contributed by atoms with Gasteiger partial charge in [0.15, 0.2) is 0 Å². The molecule has 1 aromatic carbocycles. The van der Waals surface area contributed by atoms with Crippen molar-refractivity contribution >= 4 is 11.3 Å². The van der Waals surface area contributed by atoms with E-state index in [1.54, 1.807) is 23.6 Å². The molecule has 1 heterocycles. The van der Waals surface area contributed by atoms with Gasteiger partial charge in [-0.2, -0.15) is 0 Å². The molecule has 0 spiro atoms. The molecule has 2 aromatic rings. The number of hydrogen-bond donors (Lipinski definition) is 2. The van der Waals surface area contributed by atoms with Gasteiger partial charge in [-0.1, -0.05) is 18.2 Å². The second-order valence-electron chi connectivity index (χ2n) is 3.60. The lowest BCUT2D eigenvalue weighted by Gasteiger charge is -2.11. The minimum Gasteiger partial charge on any atom is -0.508 e. The monoisotopic (exact) mass is 234 g/mol. The Morgan fingerprint density at radius 1 is 1.44 bits per heavy atom. The van der Waals surface area contributed by atoms with Crippen molar-refractivity contribution in [3.8, 4) is 5.75 Å². The summed E-state index contributed by atoms with van der Waals surface area (Å²) in [5.41, 5.74) is 0.908. The van der Waals surface area contributed by atoms with E-state index < -0.39 is 0 Å². The molecular formula is C12H14N2OS. The third kappa shape index (κ3) is 2.59. The summed E-state index contributed by atoms with van der Waals surface area (Å²) < 4.78 is 0. The number of thiazole rings is 1. The van der Waals surface area contributed by atoms with E-state index in [1.807, 2.05) is 23.6 Å². The van der Waals surface area contributed by atoms with Gasteiger partial charge in [0.1, 0.15) is 10.8 Å². The number of benzene rings is 1. The quantitative estimate of drug-likeness (QED) is 0.855. The van der Waals surface area contributed by atoms with Gasteiger partial charge in [-0.25, -0.2) is 4.98 Å². The van der Waals surface area contributed by atoms with Gasteiger partial charge in [0.25, 0.3) is 0 Å². The van der Waals surface area contributed by atoms with Crippen molar-refractivity contribution in [2.24, 2.45) is 0 Å². The van der Waals surface area contributed by atoms with Crippen molar-refractivity contribution in [3.63, 3.8) is 0 Å². The Hall–Kier alpha value is -1.39. The molecule has 0 aliphatic carbocycles. The van der Waals surface area contributed by atoms with E-state index >= 15 is 0 Å². The number of phenolic OH excluding ortho intramolecular Hbond substituents is 1. The summed E-state index contributed by atoms with van der Waals surface area (Å²) in [7, 11) is 0. The van der Waals surface area contributed by atoms with Crippen molar-refractivity contribution in [1.29, 1.82) is 0 Å². The summed E-state index contributed by atoms with van der Waals surface area (Å²) in [6, 6.07) is 7.56. The fraction of sp³-hybridized carbons (Fsp3) is 0.250. The van der Waals surface area contributed by atoms with Crippen molar-refractivity contribution in [3.05, 3.63) is 46.4 Å². The van der Waals surface area contributed by atoms with Crippen LogP contribution in [0.1, 0.15) is 23.5 Å². The van der Waals surface area contributed by atoms with Crippen LogP contribution in [0.4, 0.5) is 0 Å². The molecule has 0 radical (unpaired) electrons. The number of aromatic nitrogens is 1. The van der Waals surface area contributed by atoms with E-state index in [2.05, 4.69) is 17.2 Å². The smallest absolute Gasteiger partial charge is 0.120 e. The van der Waals surface area contributed by atoms with Crippen LogP contribution in [0.5, 0.6) is 5.75 Å². The molecule has 4 heteroatoms. The molecule has 2 N–H and O–H groups in total. The zero-order valence-electron chi connectivity index (χ0n) is 9.05. The largest absolute Gasteiger partial charge is 0.508 e. The number of aromatic hydroxyl groups is 1. The Morgan fingerprint density at radius 2 is 2.25 bits per heavy atom. The van der Waals surface area contributed by atoms with E-state index in [4.69, 9.17) is 0 Å². The van der Waals surface area contributed by atoms with Crippen molar-refractivity contribution in [2.45, 2.75) is 19.5 Å². The summed E-state index contributed by atoms with van der Waals surface area (Å²) in [6.07, 6.45) is 1.80. The third-order valence-electron chi connectivity index (χ3n) is 2.41. The van der Waals surface area contributed by atoms with Gasteiger partial charge in [0.2, 0.25) is 0 Å². The number of para-hydroxylation sites is 1. The first kappa shape index (κ1) is 11.1. The molecule has 1 aromatic heterocycles. The van der Waals surface area contributed by atoms with Crippen LogP contribution in [0, 0.1) is 0 Å². The van der Waals surface area contributed by atoms with Crippen molar-refractivity contribution in [1.82, 2.24) is 10.3 Å². The minimum absolute atomic E-state index is 0.208. The van der Waals surface area contributed by atoms with E-state index in [1.165, 1.54) is 0 Å². The van der Waals surface area contributed by atoms with Crippen LogP contribution < -0.4 is 5.32 Å². The van der Waals surface area contributed by atoms with Gasteiger partial charge >= 0.3 is 0 Å². The van der Waals surface area contributed by atoms with Crippen LogP contribution >= 0.6 is 11.3 Å². The summed E-state index contributed by atoms with van der Waals surface area (Å²) in [4.78, 5) is 4.24. The zero-order chi connectivity index (χ0) is 11.4. The standard InChI is InChI=1S/C12H14N2OS/c1-9(12-13-6-7-16-12)14-8-10-4-2-3-5-11(10)15/h2-7,9,14-15H,8H2,1H3. The summed E-state index contributed by atoms with van der Waals surface area (Å²) in [6.45, 7) is 2.71. The molecule has 1 atom stereocenters. The molecular weight excluding hydrogens is 220 g/mol. The third-order valence-corrected chi connectivity index (χ3v) is 3.37. The van der Waals surface area contributed by atoms with Gasteiger partial charge in [-0.3, -0.25) is 0 Å². The highest BCUT2D eigenvalue weighted by Gasteiger charge is 2.08. The Bertz CT molecular complexity index is 442. The van der Waals surface area contributed by atoms with Crippen molar-refractivity contribution < 1.29 is 5.11 Å². The van der Waals surface area contributed by atoms with Crippen LogP contribution in [0.2, 0.25) is 0 Å². The first-order valence-corrected chi connectivity index (χ1v) is 6.05. The van der Waals surface area contributed by atoms with E-state index in [-0.39, 0.29) is 6.04 Å². The summed E-state index contributed by atoms with van der Waals surface area (Å²) in [5, 5.41) is 16.0. The van der Waals surface area contributed by atoms with Crippen LogP contribution in [0.25, 0.3) is 0 Å². The van der Waals surface area contributed by atoms with Crippen LogP contribution in [0.15, 0.2) is 35.8 Å². The molecule has 0 bridgehead atoms. The lowest BCUT2D eigenvalue weighted by molar-refractivity contribution is 0.460. The first-order chi connectivity index (χ1) is 7.77. The van der Waals surface area contributed by atoms with Gasteiger partial charge in [0.05, 0.1) is 6.04 Å². The fourth-order valence-corrected chi connectivity index (χ4v) is 2.13. The molecule has 0 amide bonds. The number of hydrogen-bond acceptors (Lipinski definition) is 4. The number of phenols is 1. The average molecular weight is 234 g/mol. The lowest BCUT2D eigenvalue weighted by atomic mass is 10.2. The highest BCUT2D eigenvalue weighted by Crippen LogP contribution is 2.18. The van der Waals surface area contributed by atoms with Crippen LogP contribution in [-0.2, 0) is 6.54 Å². The van der Waals surface area contributed by atoms with Crippen LogP contribution in [0.3, 0.4) is 0 Å². The molecule has 1 unspecified atom stereocenters. The molecule has 84 valence electrons. The summed E-state index contributed by atoms with van der Waals surface area (Å²) in [5.74, 6) is 0.335. The van der Waals surface area contributed by atoms with E-state index in [9.17, 15) is 5.11 Å². The SMILES string of the molecule is CC(NCc1ccccc1O)c1nccs1. The second-order valence-corrected chi connectivity index (χ2v) is 4.53. The highest BCUT2D eigenvalue weighted by atomic mass is 32.1. The topological polar surface area (TPSA) is 45.1 Å². The van der Waals surface area contributed by atoms with E-state index in [0.29, 0.717) is 12.3 Å². The first-order valence-electron chi connectivity index (χ1n) is 5.17. The normalized spacial score (nSPS) is 12.6. The molecule has 0 saturated carbocycles. The molecule has 0 aliphatic heterocycles. The van der Waals surface area contributed by atoms with Gasteiger partial charge < -0.3 is 10.4 Å². The predicted molar refractivity (Wildman–Crippen MR) is 65.5 cm³/mol. The molecule has 3 nitrogen and oxygen atoms in total. The maximum atomic E-state index is 9.60.